The molecule has 4 nitrogen and oxygen atoms in total. The van der Waals surface area contributed by atoms with Crippen molar-refractivity contribution in [2.24, 2.45) is 0 Å². The monoisotopic (exact) mass is 260 g/mol. The van der Waals surface area contributed by atoms with E-state index in [1.165, 1.54) is 36.0 Å². The summed E-state index contributed by atoms with van der Waals surface area (Å²) in [6.07, 6.45) is 3.03. The van der Waals surface area contributed by atoms with Gasteiger partial charge in [-0.2, -0.15) is 0 Å². The molecule has 2 aromatic heterocycles. The Kier molecular flexibility index (Phi) is 2.99. The van der Waals surface area contributed by atoms with Crippen LogP contribution in [0.4, 0.5) is 0 Å². The Balaban J connectivity index is 2.31. The van der Waals surface area contributed by atoms with Crippen LogP contribution in [0.15, 0.2) is 12.4 Å². The van der Waals surface area contributed by atoms with Gasteiger partial charge in [0.15, 0.2) is 10.0 Å². The number of rotatable bonds is 2. The van der Waals surface area contributed by atoms with E-state index >= 15 is 0 Å². The van der Waals surface area contributed by atoms with Gasteiger partial charge in [0.25, 0.3) is 0 Å². The molecule has 78 valence electrons. The van der Waals surface area contributed by atoms with Gasteiger partial charge < -0.3 is 4.74 Å². The van der Waals surface area contributed by atoms with Gasteiger partial charge in [0.2, 0.25) is 0 Å². The lowest BCUT2D eigenvalue weighted by Crippen LogP contribution is -1.96. The van der Waals surface area contributed by atoms with Crippen molar-refractivity contribution < 1.29 is 9.53 Å². The number of hydrogen-bond donors (Lipinski definition) is 0. The molecule has 0 spiro atoms. The molecule has 0 aromatic carbocycles. The topological polar surface area (TPSA) is 52.1 Å². The molecular formula is C8H5ClN2O2S2. The highest BCUT2D eigenvalue weighted by atomic mass is 35.5. The molecule has 7 heteroatoms. The van der Waals surface area contributed by atoms with Crippen molar-refractivity contribution in [3.63, 3.8) is 0 Å². The standard InChI is InChI=1S/C8H5ClN2O2S2/c1-13-8(12)4-2-10-6(14-4)7-11-3-5(9)15-7/h2-3H,1H3. The first kappa shape index (κ1) is 10.5. The van der Waals surface area contributed by atoms with Gasteiger partial charge in [0.1, 0.15) is 9.21 Å². The molecule has 0 aliphatic carbocycles. The van der Waals surface area contributed by atoms with Crippen LogP contribution in [0.2, 0.25) is 4.34 Å². The molecule has 0 fully saturated rings. The van der Waals surface area contributed by atoms with Crippen molar-refractivity contribution >= 4 is 40.2 Å². The Morgan fingerprint density at radius 1 is 1.33 bits per heavy atom. The van der Waals surface area contributed by atoms with Gasteiger partial charge in [-0.05, 0) is 0 Å². The second-order valence-corrected chi connectivity index (χ2v) is 5.18. The van der Waals surface area contributed by atoms with Crippen molar-refractivity contribution in [2.45, 2.75) is 0 Å². The van der Waals surface area contributed by atoms with E-state index in [4.69, 9.17) is 11.6 Å². The number of methoxy groups -OCH3 is 1. The Morgan fingerprint density at radius 3 is 2.60 bits per heavy atom. The molecule has 0 atom stereocenters. The largest absolute Gasteiger partial charge is 0.465 e. The zero-order chi connectivity index (χ0) is 10.8. The lowest BCUT2D eigenvalue weighted by molar-refractivity contribution is 0.0606. The molecule has 2 rings (SSSR count). The Morgan fingerprint density at radius 2 is 2.00 bits per heavy atom. The van der Waals surface area contributed by atoms with Crippen molar-refractivity contribution in [2.75, 3.05) is 7.11 Å². The number of nitrogens with zero attached hydrogens (tertiary/aromatic N) is 2. The zero-order valence-electron chi connectivity index (χ0n) is 7.56. The summed E-state index contributed by atoms with van der Waals surface area (Å²) in [5.41, 5.74) is 0. The SMILES string of the molecule is COC(=O)c1cnc(-c2ncc(Cl)s2)s1. The average Bonchev–Trinajstić information content (AvgIpc) is 2.84. The summed E-state index contributed by atoms with van der Waals surface area (Å²) < 4.78 is 5.18. The van der Waals surface area contributed by atoms with Crippen molar-refractivity contribution in [1.82, 2.24) is 9.97 Å². The van der Waals surface area contributed by atoms with E-state index in [1.54, 1.807) is 6.20 Å². The van der Waals surface area contributed by atoms with Gasteiger partial charge in [-0.1, -0.05) is 22.9 Å². The van der Waals surface area contributed by atoms with Crippen molar-refractivity contribution in [3.05, 3.63) is 21.6 Å². The summed E-state index contributed by atoms with van der Waals surface area (Å²) >= 11 is 8.31. The summed E-state index contributed by atoms with van der Waals surface area (Å²) in [7, 11) is 1.34. The zero-order valence-corrected chi connectivity index (χ0v) is 9.95. The number of carbonyl (C=O) groups excluding carboxylic acids is 1. The molecule has 0 N–H and O–H groups in total. The van der Waals surface area contributed by atoms with E-state index in [1.807, 2.05) is 0 Å². The quantitative estimate of drug-likeness (QED) is 0.779. The predicted octanol–water partition coefficient (Wildman–Crippen LogP) is 2.71. The second-order valence-electron chi connectivity index (χ2n) is 2.49. The molecule has 0 saturated carbocycles. The Bertz CT molecular complexity index is 494. The highest BCUT2D eigenvalue weighted by Crippen LogP contribution is 2.31. The van der Waals surface area contributed by atoms with Crippen LogP contribution in [-0.4, -0.2) is 23.0 Å². The second kappa shape index (κ2) is 4.26. The van der Waals surface area contributed by atoms with Gasteiger partial charge in [-0.25, -0.2) is 14.8 Å². The first-order chi connectivity index (χ1) is 7.20. The van der Waals surface area contributed by atoms with E-state index < -0.39 is 0 Å². The van der Waals surface area contributed by atoms with E-state index in [-0.39, 0.29) is 5.97 Å². The molecule has 2 aromatic rings. The lowest BCUT2D eigenvalue weighted by atomic mass is 10.6. The van der Waals surface area contributed by atoms with Gasteiger partial charge in [-0.3, -0.25) is 0 Å². The first-order valence-electron chi connectivity index (χ1n) is 3.86. The third kappa shape index (κ3) is 2.17. The molecule has 0 saturated heterocycles. The highest BCUT2D eigenvalue weighted by Gasteiger charge is 2.13. The minimum atomic E-state index is -0.388. The molecule has 0 radical (unpaired) electrons. The summed E-state index contributed by atoms with van der Waals surface area (Å²) in [5, 5.41) is 1.38. The maximum absolute atomic E-state index is 11.2. The highest BCUT2D eigenvalue weighted by molar-refractivity contribution is 7.24. The number of aromatic nitrogens is 2. The van der Waals surface area contributed by atoms with Crippen LogP contribution in [0.25, 0.3) is 10.0 Å². The van der Waals surface area contributed by atoms with Gasteiger partial charge in [0.05, 0.1) is 19.5 Å². The van der Waals surface area contributed by atoms with Crippen LogP contribution >= 0.6 is 34.3 Å². The maximum Gasteiger partial charge on any atom is 0.349 e. The number of halogens is 1. The Labute approximate surface area is 98.5 Å². The number of carbonyl (C=O) groups is 1. The van der Waals surface area contributed by atoms with Crippen LogP contribution in [0, 0.1) is 0 Å². The van der Waals surface area contributed by atoms with Crippen molar-refractivity contribution in [3.8, 4) is 10.0 Å². The minimum Gasteiger partial charge on any atom is -0.465 e. The smallest absolute Gasteiger partial charge is 0.349 e. The number of esters is 1. The average molecular weight is 261 g/mol. The maximum atomic E-state index is 11.2. The molecule has 0 aliphatic rings. The first-order valence-corrected chi connectivity index (χ1v) is 5.87. The molecule has 15 heavy (non-hydrogen) atoms. The lowest BCUT2D eigenvalue weighted by Gasteiger charge is -1.90. The van der Waals surface area contributed by atoms with Gasteiger partial charge in [0, 0.05) is 0 Å². The van der Waals surface area contributed by atoms with Crippen LogP contribution in [0.1, 0.15) is 9.67 Å². The number of ether oxygens (including phenoxy) is 1. The normalized spacial score (nSPS) is 10.3. The third-order valence-corrected chi connectivity index (χ3v) is 3.79. The fourth-order valence-electron chi connectivity index (χ4n) is 0.921. The molecule has 2 heterocycles. The number of thiazole rings is 2. The summed E-state index contributed by atoms with van der Waals surface area (Å²) in [6, 6.07) is 0. The fraction of sp³-hybridized carbons (Fsp3) is 0.125. The van der Waals surface area contributed by atoms with Crippen LogP contribution < -0.4 is 0 Å². The van der Waals surface area contributed by atoms with Gasteiger partial charge in [-0.15, -0.1) is 11.3 Å². The van der Waals surface area contributed by atoms with Crippen LogP contribution in [0.5, 0.6) is 0 Å². The molecule has 0 unspecified atom stereocenters. The Hall–Kier alpha value is -0.980. The van der Waals surface area contributed by atoms with Crippen LogP contribution in [-0.2, 0) is 4.74 Å². The summed E-state index contributed by atoms with van der Waals surface area (Å²) in [6.45, 7) is 0. The van der Waals surface area contributed by atoms with Gasteiger partial charge >= 0.3 is 5.97 Å². The fourth-order valence-corrected chi connectivity index (χ4v) is 2.70. The number of hydrogen-bond acceptors (Lipinski definition) is 6. The molecule has 0 aliphatic heterocycles. The summed E-state index contributed by atoms with van der Waals surface area (Å²) in [5.74, 6) is -0.388. The summed E-state index contributed by atoms with van der Waals surface area (Å²) in [4.78, 5) is 19.8. The molecule has 0 amide bonds. The van der Waals surface area contributed by atoms with E-state index in [2.05, 4.69) is 14.7 Å². The van der Waals surface area contributed by atoms with E-state index in [0.29, 0.717) is 19.2 Å². The van der Waals surface area contributed by atoms with Crippen LogP contribution in [0.3, 0.4) is 0 Å². The van der Waals surface area contributed by atoms with E-state index in [9.17, 15) is 4.79 Å². The van der Waals surface area contributed by atoms with Crippen molar-refractivity contribution in [1.29, 1.82) is 0 Å². The molecule has 0 bridgehead atoms. The van der Waals surface area contributed by atoms with E-state index in [0.717, 1.165) is 0 Å². The predicted molar refractivity (Wildman–Crippen MR) is 59.6 cm³/mol. The minimum absolute atomic E-state index is 0.388. The third-order valence-electron chi connectivity index (χ3n) is 1.55. The molecular weight excluding hydrogens is 256 g/mol.